The molecule has 0 heterocycles. The second-order valence-electron chi connectivity index (χ2n) is 5.90. The van der Waals surface area contributed by atoms with Gasteiger partial charge in [0.25, 0.3) is 0 Å². The summed E-state index contributed by atoms with van der Waals surface area (Å²) in [6.45, 7) is 1.51. The molecule has 0 bridgehead atoms. The number of rotatable bonds is 7. The van der Waals surface area contributed by atoms with E-state index >= 15 is 0 Å². The molecular formula is C18H20Cl2N2O3S2. The van der Waals surface area contributed by atoms with Crippen molar-refractivity contribution in [3.8, 4) is 0 Å². The Morgan fingerprint density at radius 2 is 1.81 bits per heavy atom. The molecule has 9 heteroatoms. The molecule has 1 amide bonds. The molecule has 0 spiro atoms. The highest BCUT2D eigenvalue weighted by Gasteiger charge is 2.26. The van der Waals surface area contributed by atoms with Crippen molar-refractivity contribution in [3.05, 3.63) is 58.1 Å². The number of carbonyl (C=O) groups excluding carboxylic acids is 1. The maximum absolute atomic E-state index is 12.7. The first kappa shape index (κ1) is 22.0. The predicted molar refractivity (Wildman–Crippen MR) is 111 cm³/mol. The average Bonchev–Trinajstić information content (AvgIpc) is 2.63. The summed E-state index contributed by atoms with van der Waals surface area (Å²) >= 11 is 13.5. The number of thioether (sulfide) groups is 1. The van der Waals surface area contributed by atoms with Crippen LogP contribution in [0, 0.1) is 0 Å². The van der Waals surface area contributed by atoms with Crippen LogP contribution in [0.15, 0.2) is 52.3 Å². The lowest BCUT2D eigenvalue weighted by atomic mass is 10.1. The largest absolute Gasteiger partial charge is 0.348 e. The first-order valence-corrected chi connectivity index (χ1v) is 11.4. The smallest absolute Gasteiger partial charge is 0.244 e. The second-order valence-corrected chi connectivity index (χ2v) is 9.63. The van der Waals surface area contributed by atoms with Crippen molar-refractivity contribution in [2.24, 2.45) is 0 Å². The zero-order valence-electron chi connectivity index (χ0n) is 15.1. The van der Waals surface area contributed by atoms with Crippen LogP contribution in [0.3, 0.4) is 0 Å². The fourth-order valence-electron chi connectivity index (χ4n) is 2.39. The van der Waals surface area contributed by atoms with Gasteiger partial charge in [-0.25, -0.2) is 8.42 Å². The lowest BCUT2D eigenvalue weighted by Gasteiger charge is -2.20. The number of hydrogen-bond donors (Lipinski definition) is 1. The number of sulfonamides is 1. The number of hydrogen-bond acceptors (Lipinski definition) is 4. The summed E-state index contributed by atoms with van der Waals surface area (Å²) in [7, 11) is -2.62. The number of nitrogens with zero attached hydrogens (tertiary/aromatic N) is 1. The lowest BCUT2D eigenvalue weighted by Crippen LogP contribution is -2.39. The van der Waals surface area contributed by atoms with Gasteiger partial charge >= 0.3 is 0 Å². The van der Waals surface area contributed by atoms with E-state index in [1.54, 1.807) is 11.8 Å². The van der Waals surface area contributed by atoms with Gasteiger partial charge in [0.15, 0.2) is 0 Å². The van der Waals surface area contributed by atoms with Crippen LogP contribution in [0.2, 0.25) is 10.0 Å². The van der Waals surface area contributed by atoms with Crippen molar-refractivity contribution in [1.29, 1.82) is 0 Å². The van der Waals surface area contributed by atoms with Crippen LogP contribution in [-0.4, -0.2) is 38.5 Å². The number of halogens is 2. The molecule has 1 atom stereocenters. The molecule has 0 saturated carbocycles. The van der Waals surface area contributed by atoms with Crippen molar-refractivity contribution in [2.75, 3.05) is 19.8 Å². The molecule has 2 aromatic carbocycles. The zero-order valence-corrected chi connectivity index (χ0v) is 18.2. The van der Waals surface area contributed by atoms with Gasteiger partial charge in [-0.1, -0.05) is 35.3 Å². The van der Waals surface area contributed by atoms with Gasteiger partial charge in [0.05, 0.1) is 17.6 Å². The van der Waals surface area contributed by atoms with Gasteiger partial charge in [0.1, 0.15) is 4.90 Å². The third-order valence-electron chi connectivity index (χ3n) is 3.94. The number of nitrogens with one attached hydrogen (secondary N) is 1. The summed E-state index contributed by atoms with van der Waals surface area (Å²) in [5.41, 5.74) is 0.935. The summed E-state index contributed by atoms with van der Waals surface area (Å²) < 4.78 is 26.3. The molecule has 5 nitrogen and oxygen atoms in total. The van der Waals surface area contributed by atoms with Crippen LogP contribution < -0.4 is 5.32 Å². The van der Waals surface area contributed by atoms with E-state index in [1.807, 2.05) is 37.4 Å². The van der Waals surface area contributed by atoms with E-state index in [2.05, 4.69) is 5.32 Å². The van der Waals surface area contributed by atoms with Crippen LogP contribution in [0.5, 0.6) is 0 Å². The van der Waals surface area contributed by atoms with Crippen molar-refractivity contribution in [1.82, 2.24) is 9.62 Å². The van der Waals surface area contributed by atoms with E-state index in [1.165, 1.54) is 25.2 Å². The van der Waals surface area contributed by atoms with Gasteiger partial charge < -0.3 is 5.32 Å². The Morgan fingerprint density at radius 3 is 2.41 bits per heavy atom. The van der Waals surface area contributed by atoms with E-state index in [0.29, 0.717) is 0 Å². The molecule has 0 saturated heterocycles. The van der Waals surface area contributed by atoms with Crippen LogP contribution in [0.25, 0.3) is 0 Å². The summed E-state index contributed by atoms with van der Waals surface area (Å²) in [5.74, 6) is -0.416. The normalized spacial score (nSPS) is 12.8. The molecule has 146 valence electrons. The van der Waals surface area contributed by atoms with Crippen molar-refractivity contribution < 1.29 is 13.2 Å². The fourth-order valence-corrected chi connectivity index (χ4v) is 4.66. The summed E-state index contributed by atoms with van der Waals surface area (Å²) in [6, 6.07) is 11.7. The molecule has 0 radical (unpaired) electrons. The zero-order chi connectivity index (χ0) is 20.2. The molecular weight excluding hydrogens is 427 g/mol. The molecule has 27 heavy (non-hydrogen) atoms. The summed E-state index contributed by atoms with van der Waals surface area (Å²) in [6.07, 6.45) is 1.99. The minimum absolute atomic E-state index is 0.0499. The van der Waals surface area contributed by atoms with Crippen molar-refractivity contribution in [2.45, 2.75) is 22.8 Å². The van der Waals surface area contributed by atoms with Crippen LogP contribution >= 0.6 is 35.0 Å². The molecule has 2 rings (SSSR count). The Morgan fingerprint density at radius 1 is 1.19 bits per heavy atom. The molecule has 0 unspecified atom stereocenters. The van der Waals surface area contributed by atoms with Crippen molar-refractivity contribution in [3.63, 3.8) is 0 Å². The van der Waals surface area contributed by atoms with Crippen molar-refractivity contribution >= 4 is 50.9 Å². The standard InChI is InChI=1S/C18H20Cl2N2O3S2/c1-12(13-4-7-15(26-3)8-5-13)21-18(23)11-22(2)27(24,25)17-10-14(19)6-9-16(17)20/h4-10,12H,11H2,1-3H3,(H,21,23)/t12-/m1/s1. The van der Waals surface area contributed by atoms with E-state index in [9.17, 15) is 13.2 Å². The Hall–Kier alpha value is -1.25. The van der Waals surface area contributed by atoms with Crippen LogP contribution in [0.1, 0.15) is 18.5 Å². The number of likely N-dealkylation sites (N-methyl/N-ethyl adjacent to an activating group) is 1. The SMILES string of the molecule is CSc1ccc([C@@H](C)NC(=O)CN(C)S(=O)(=O)c2cc(Cl)ccc2Cl)cc1. The predicted octanol–water partition coefficient (Wildman–Crippen LogP) is 4.21. The maximum atomic E-state index is 12.7. The Bertz CT molecular complexity index is 919. The molecule has 0 fully saturated rings. The summed E-state index contributed by atoms with van der Waals surface area (Å²) in [4.78, 5) is 13.3. The quantitative estimate of drug-likeness (QED) is 0.646. The lowest BCUT2D eigenvalue weighted by molar-refractivity contribution is -0.121. The van der Waals surface area contributed by atoms with Gasteiger partial charge in [0.2, 0.25) is 15.9 Å². The monoisotopic (exact) mass is 446 g/mol. The van der Waals surface area contributed by atoms with E-state index in [4.69, 9.17) is 23.2 Å². The Labute approximate surface area is 174 Å². The maximum Gasteiger partial charge on any atom is 0.244 e. The van der Waals surface area contributed by atoms with Gasteiger partial charge in [-0.3, -0.25) is 4.79 Å². The minimum atomic E-state index is -3.94. The first-order chi connectivity index (χ1) is 12.6. The fraction of sp³-hybridized carbons (Fsp3) is 0.278. The van der Waals surface area contributed by atoms with Gasteiger partial charge in [-0.2, -0.15) is 4.31 Å². The molecule has 0 aliphatic rings. The topological polar surface area (TPSA) is 66.5 Å². The van der Waals surface area contributed by atoms with Gasteiger partial charge in [-0.05, 0) is 49.1 Å². The molecule has 0 aliphatic heterocycles. The van der Waals surface area contributed by atoms with Crippen LogP contribution in [0.4, 0.5) is 0 Å². The van der Waals surface area contributed by atoms with E-state index in [-0.39, 0.29) is 27.5 Å². The molecule has 0 aromatic heterocycles. The molecule has 2 aromatic rings. The van der Waals surface area contributed by atoms with E-state index in [0.717, 1.165) is 14.8 Å². The first-order valence-electron chi connectivity index (χ1n) is 8.00. The highest BCUT2D eigenvalue weighted by atomic mass is 35.5. The minimum Gasteiger partial charge on any atom is -0.348 e. The number of carbonyl (C=O) groups is 1. The van der Waals surface area contributed by atoms with E-state index < -0.39 is 15.9 Å². The average molecular weight is 447 g/mol. The highest BCUT2D eigenvalue weighted by molar-refractivity contribution is 7.98. The second kappa shape index (κ2) is 9.30. The third kappa shape index (κ3) is 5.62. The molecule has 1 N–H and O–H groups in total. The Balaban J connectivity index is 2.06. The van der Waals surface area contributed by atoms with Gasteiger partial charge in [0, 0.05) is 17.0 Å². The van der Waals surface area contributed by atoms with Gasteiger partial charge in [-0.15, -0.1) is 11.8 Å². The summed E-state index contributed by atoms with van der Waals surface area (Å²) in [5, 5.41) is 3.10. The molecule has 0 aliphatic carbocycles. The van der Waals surface area contributed by atoms with Crippen LogP contribution in [-0.2, 0) is 14.8 Å². The third-order valence-corrected chi connectivity index (χ3v) is 7.20. The number of benzene rings is 2. The highest BCUT2D eigenvalue weighted by Crippen LogP contribution is 2.27. The number of amides is 1. The Kier molecular flexibility index (Phi) is 7.59.